The van der Waals surface area contributed by atoms with Crippen LogP contribution in [0.15, 0.2) is 23.8 Å². The maximum atomic E-state index is 11.5. The van der Waals surface area contributed by atoms with Crippen molar-refractivity contribution in [2.75, 3.05) is 7.11 Å². The fourth-order valence-corrected chi connectivity index (χ4v) is 2.88. The highest BCUT2D eigenvalue weighted by Gasteiger charge is 2.38. The molecule has 0 heterocycles. The van der Waals surface area contributed by atoms with E-state index in [1.807, 2.05) is 0 Å². The molecule has 0 aliphatic heterocycles. The molecule has 0 bridgehead atoms. The molecule has 0 amide bonds. The van der Waals surface area contributed by atoms with E-state index in [0.29, 0.717) is 0 Å². The Hall–Kier alpha value is -0.890. The van der Waals surface area contributed by atoms with Crippen LogP contribution in [0, 0.1) is 11.8 Å². The van der Waals surface area contributed by atoms with Gasteiger partial charge in [0.05, 0.1) is 5.92 Å². The van der Waals surface area contributed by atoms with Gasteiger partial charge in [0.1, 0.15) is 11.9 Å². The van der Waals surface area contributed by atoms with E-state index >= 15 is 0 Å². The average Bonchev–Trinajstić information content (AvgIpc) is 2.40. The lowest BCUT2D eigenvalue weighted by Gasteiger charge is -2.37. The fraction of sp³-hybridized carbons (Fsp3) is 0.706. The zero-order valence-corrected chi connectivity index (χ0v) is 12.8. The van der Waals surface area contributed by atoms with Crippen LogP contribution in [0.2, 0.25) is 0 Å². The van der Waals surface area contributed by atoms with Crippen LogP contribution in [0.5, 0.6) is 0 Å². The van der Waals surface area contributed by atoms with Crippen molar-refractivity contribution in [2.24, 2.45) is 11.8 Å². The lowest BCUT2D eigenvalue weighted by atomic mass is 9.76. The van der Waals surface area contributed by atoms with E-state index in [1.54, 1.807) is 7.11 Å². The van der Waals surface area contributed by atoms with Crippen molar-refractivity contribution in [3.8, 4) is 0 Å². The van der Waals surface area contributed by atoms with Gasteiger partial charge in [0, 0.05) is 7.11 Å². The largest absolute Gasteiger partial charge is 0.369 e. The van der Waals surface area contributed by atoms with Gasteiger partial charge in [-0.1, -0.05) is 51.3 Å². The van der Waals surface area contributed by atoms with Gasteiger partial charge in [0.25, 0.3) is 0 Å². The zero-order chi connectivity index (χ0) is 14.3. The first-order valence-electron chi connectivity index (χ1n) is 7.42. The molecule has 0 fully saturated rings. The molecule has 0 spiro atoms. The number of allylic oxidation sites excluding steroid dienone is 2. The van der Waals surface area contributed by atoms with Gasteiger partial charge in [-0.2, -0.15) is 0 Å². The van der Waals surface area contributed by atoms with Crippen LogP contribution in [0.4, 0.5) is 0 Å². The highest BCUT2D eigenvalue weighted by molar-refractivity contribution is 5.59. The summed E-state index contributed by atoms with van der Waals surface area (Å²) in [5.41, 5.74) is 0.663. The molecule has 108 valence electrons. The molecule has 0 radical (unpaired) electrons. The summed E-state index contributed by atoms with van der Waals surface area (Å²) in [5.74, 6) is 0.666. The first kappa shape index (κ1) is 16.2. The summed E-state index contributed by atoms with van der Waals surface area (Å²) < 4.78 is 5.74. The van der Waals surface area contributed by atoms with Gasteiger partial charge in [0.15, 0.2) is 0 Å². The van der Waals surface area contributed by atoms with Crippen LogP contribution >= 0.6 is 0 Å². The smallest absolute Gasteiger partial charge is 0.126 e. The SMILES string of the molecule is COC1(C(C=O)CCCCC(C)C)C=CCC=C1C. The number of aldehydes is 1. The van der Waals surface area contributed by atoms with Gasteiger partial charge < -0.3 is 9.53 Å². The molecule has 19 heavy (non-hydrogen) atoms. The molecule has 2 nitrogen and oxygen atoms in total. The predicted octanol–water partition coefficient (Wildman–Crippen LogP) is 4.31. The van der Waals surface area contributed by atoms with Crippen molar-refractivity contribution in [3.63, 3.8) is 0 Å². The average molecular weight is 264 g/mol. The van der Waals surface area contributed by atoms with Crippen LogP contribution in [0.3, 0.4) is 0 Å². The number of rotatable bonds is 8. The predicted molar refractivity (Wildman–Crippen MR) is 80.1 cm³/mol. The first-order valence-corrected chi connectivity index (χ1v) is 7.42. The first-order chi connectivity index (χ1) is 9.06. The van der Waals surface area contributed by atoms with E-state index in [0.717, 1.165) is 31.5 Å². The lowest BCUT2D eigenvalue weighted by Crippen LogP contribution is -2.41. The molecule has 0 aromatic rings. The summed E-state index contributed by atoms with van der Waals surface area (Å²) in [6.07, 6.45) is 12.8. The van der Waals surface area contributed by atoms with E-state index in [2.05, 4.69) is 39.0 Å². The number of hydrogen-bond acceptors (Lipinski definition) is 2. The maximum Gasteiger partial charge on any atom is 0.126 e. The molecular weight excluding hydrogens is 236 g/mol. The van der Waals surface area contributed by atoms with Crippen molar-refractivity contribution in [3.05, 3.63) is 23.8 Å². The Morgan fingerprint density at radius 1 is 1.37 bits per heavy atom. The minimum absolute atomic E-state index is 0.0718. The number of ether oxygens (including phenoxy) is 1. The second-order valence-electron chi connectivity index (χ2n) is 5.94. The van der Waals surface area contributed by atoms with Crippen LogP contribution in [0.25, 0.3) is 0 Å². The normalized spacial score (nSPS) is 24.4. The van der Waals surface area contributed by atoms with Gasteiger partial charge in [-0.3, -0.25) is 0 Å². The number of unbranched alkanes of at least 4 members (excludes halogenated alkanes) is 1. The number of carbonyl (C=O) groups excluding carboxylic acids is 1. The molecule has 0 aromatic carbocycles. The highest BCUT2D eigenvalue weighted by Crippen LogP contribution is 2.36. The van der Waals surface area contributed by atoms with Crippen LogP contribution < -0.4 is 0 Å². The molecule has 2 heteroatoms. The van der Waals surface area contributed by atoms with Crippen molar-refractivity contribution < 1.29 is 9.53 Å². The zero-order valence-electron chi connectivity index (χ0n) is 12.8. The summed E-state index contributed by atoms with van der Waals surface area (Å²) in [5, 5.41) is 0. The molecule has 0 N–H and O–H groups in total. The number of methoxy groups -OCH3 is 1. The quantitative estimate of drug-likeness (QED) is 0.371. The Morgan fingerprint density at radius 3 is 2.58 bits per heavy atom. The second-order valence-corrected chi connectivity index (χ2v) is 5.94. The Bertz CT molecular complexity index is 341. The summed E-state index contributed by atoms with van der Waals surface area (Å²) in [6.45, 7) is 6.55. The highest BCUT2D eigenvalue weighted by atomic mass is 16.5. The maximum absolute atomic E-state index is 11.5. The number of carbonyl (C=O) groups is 1. The molecule has 0 aromatic heterocycles. The molecule has 1 aliphatic carbocycles. The van der Waals surface area contributed by atoms with Crippen molar-refractivity contribution in [1.82, 2.24) is 0 Å². The van der Waals surface area contributed by atoms with Gasteiger partial charge in [-0.15, -0.1) is 0 Å². The van der Waals surface area contributed by atoms with Crippen molar-refractivity contribution >= 4 is 6.29 Å². The monoisotopic (exact) mass is 264 g/mol. The van der Waals surface area contributed by atoms with Crippen molar-refractivity contribution in [2.45, 2.75) is 58.5 Å². The molecule has 1 rings (SSSR count). The Kier molecular flexibility index (Phi) is 6.50. The molecule has 0 saturated heterocycles. The molecule has 0 saturated carbocycles. The van der Waals surface area contributed by atoms with Crippen LogP contribution in [-0.4, -0.2) is 19.0 Å². The number of hydrogen-bond donors (Lipinski definition) is 0. The third kappa shape index (κ3) is 4.04. The van der Waals surface area contributed by atoms with Gasteiger partial charge in [0.2, 0.25) is 0 Å². The molecule has 2 atom stereocenters. The molecule has 2 unspecified atom stereocenters. The fourth-order valence-electron chi connectivity index (χ4n) is 2.88. The minimum Gasteiger partial charge on any atom is -0.369 e. The minimum atomic E-state index is -0.502. The van der Waals surface area contributed by atoms with Gasteiger partial charge >= 0.3 is 0 Å². The van der Waals surface area contributed by atoms with Gasteiger partial charge in [-0.05, 0) is 31.3 Å². The third-order valence-corrected chi connectivity index (χ3v) is 4.14. The Labute approximate surface area is 117 Å². The van der Waals surface area contributed by atoms with Crippen molar-refractivity contribution in [1.29, 1.82) is 0 Å². The standard InChI is InChI=1S/C17H28O2/c1-14(2)9-5-6-11-16(13-18)17(19-4)12-8-7-10-15(17)3/h8,10,12-14,16H,5-7,9,11H2,1-4H3. The van der Waals surface area contributed by atoms with E-state index in [-0.39, 0.29) is 5.92 Å². The van der Waals surface area contributed by atoms with Crippen LogP contribution in [0.1, 0.15) is 52.9 Å². The summed E-state index contributed by atoms with van der Waals surface area (Å²) in [4.78, 5) is 11.5. The Morgan fingerprint density at radius 2 is 2.05 bits per heavy atom. The van der Waals surface area contributed by atoms with E-state index in [9.17, 15) is 4.79 Å². The third-order valence-electron chi connectivity index (χ3n) is 4.14. The summed E-state index contributed by atoms with van der Waals surface area (Å²) in [7, 11) is 1.71. The van der Waals surface area contributed by atoms with Crippen LogP contribution in [-0.2, 0) is 9.53 Å². The topological polar surface area (TPSA) is 26.3 Å². The van der Waals surface area contributed by atoms with E-state index < -0.39 is 5.60 Å². The summed E-state index contributed by atoms with van der Waals surface area (Å²) in [6, 6.07) is 0. The lowest BCUT2D eigenvalue weighted by molar-refractivity contribution is -0.117. The molecule has 1 aliphatic rings. The van der Waals surface area contributed by atoms with E-state index in [4.69, 9.17) is 4.74 Å². The van der Waals surface area contributed by atoms with E-state index in [1.165, 1.54) is 18.4 Å². The van der Waals surface area contributed by atoms with Gasteiger partial charge in [-0.25, -0.2) is 0 Å². The second kappa shape index (κ2) is 7.64. The Balaban J connectivity index is 2.66. The summed E-state index contributed by atoms with van der Waals surface area (Å²) >= 11 is 0. The molecular formula is C17H28O2.